The van der Waals surface area contributed by atoms with Gasteiger partial charge in [0.05, 0.1) is 11.6 Å². The summed E-state index contributed by atoms with van der Waals surface area (Å²) >= 11 is 5.40. The summed E-state index contributed by atoms with van der Waals surface area (Å²) in [6, 6.07) is 0. The van der Waals surface area contributed by atoms with Crippen LogP contribution in [-0.4, -0.2) is 12.0 Å². The first-order valence-corrected chi connectivity index (χ1v) is 2.77. The van der Waals surface area contributed by atoms with Gasteiger partial charge >= 0.3 is 0 Å². The predicted molar refractivity (Wildman–Crippen MR) is 29.3 cm³/mol. The molecule has 1 rings (SSSR count). The summed E-state index contributed by atoms with van der Waals surface area (Å²) in [6.07, 6.45) is 1.21. The largest absolute Gasteiger partial charge is 0.494 e. The molecule has 1 saturated heterocycles. The van der Waals surface area contributed by atoms with Gasteiger partial charge in [-0.2, -0.15) is 0 Å². The number of alkyl halides is 1. The van der Waals surface area contributed by atoms with Crippen LogP contribution in [0, 0.1) is 0 Å². The normalized spacial score (nSPS) is 28.7. The van der Waals surface area contributed by atoms with E-state index in [-0.39, 0.29) is 6.10 Å². The fourth-order valence-corrected chi connectivity index (χ4v) is 0.738. The van der Waals surface area contributed by atoms with Gasteiger partial charge in [0, 0.05) is 6.42 Å². The summed E-state index contributed by atoms with van der Waals surface area (Å²) in [4.78, 5) is 0. The van der Waals surface area contributed by atoms with Crippen molar-refractivity contribution < 1.29 is 4.74 Å². The number of halogens is 1. The Morgan fingerprint density at radius 3 is 2.71 bits per heavy atom. The van der Waals surface area contributed by atoms with Crippen LogP contribution in [0.25, 0.3) is 0 Å². The number of hydrogen-bond acceptors (Lipinski definition) is 1. The lowest BCUT2D eigenvalue weighted by Gasteiger charge is -2.27. The number of rotatable bonds is 1. The summed E-state index contributed by atoms with van der Waals surface area (Å²) in [6.45, 7) is 3.58. The van der Waals surface area contributed by atoms with E-state index >= 15 is 0 Å². The smallest absolute Gasteiger partial charge is 0.119 e. The molecule has 0 aromatic rings. The van der Waals surface area contributed by atoms with E-state index in [1.165, 1.54) is 0 Å². The minimum Gasteiger partial charge on any atom is -0.494 e. The molecule has 0 amide bonds. The quantitative estimate of drug-likeness (QED) is 0.475. The summed E-state index contributed by atoms with van der Waals surface area (Å²) in [7, 11) is 0. The molecule has 0 bridgehead atoms. The first kappa shape index (κ1) is 4.98. The molecule has 0 radical (unpaired) electrons. The van der Waals surface area contributed by atoms with Crippen LogP contribution in [0.5, 0.6) is 0 Å². The van der Waals surface area contributed by atoms with Crippen LogP contribution in [0.4, 0.5) is 0 Å². The van der Waals surface area contributed by atoms with Crippen molar-refractivity contribution in [2.24, 2.45) is 0 Å². The van der Waals surface area contributed by atoms with E-state index in [2.05, 4.69) is 6.58 Å². The highest BCUT2D eigenvalue weighted by Crippen LogP contribution is 2.22. The van der Waals surface area contributed by atoms with Crippen LogP contribution in [0.3, 0.4) is 0 Å². The summed E-state index contributed by atoms with van der Waals surface area (Å²) < 4.78 is 4.96. The number of ether oxygens (including phenoxy) is 1. The van der Waals surface area contributed by atoms with Crippen LogP contribution < -0.4 is 0 Å². The van der Waals surface area contributed by atoms with E-state index in [9.17, 15) is 0 Å². The Balaban J connectivity index is 2.17. The predicted octanol–water partition coefficient (Wildman–Crippen LogP) is 1.53. The third-order valence-electron chi connectivity index (χ3n) is 0.961. The first-order chi connectivity index (χ1) is 3.33. The lowest BCUT2D eigenvalue weighted by molar-refractivity contribution is 0.0389. The first-order valence-electron chi connectivity index (χ1n) is 2.23. The Morgan fingerprint density at radius 2 is 2.57 bits per heavy atom. The SMILES string of the molecule is C=C1CC(CCl)O1. The fourth-order valence-electron chi connectivity index (χ4n) is 0.566. The second kappa shape index (κ2) is 1.74. The molecule has 2 heteroatoms. The molecule has 1 fully saturated rings. The van der Waals surface area contributed by atoms with Gasteiger partial charge < -0.3 is 4.74 Å². The van der Waals surface area contributed by atoms with E-state index in [0.717, 1.165) is 12.2 Å². The van der Waals surface area contributed by atoms with Gasteiger partial charge in [0.2, 0.25) is 0 Å². The molecule has 0 aromatic carbocycles. The standard InChI is InChI=1S/C5H7ClO/c1-4-2-5(3-6)7-4/h5H,1-3H2. The average Bonchev–Trinajstić information content (AvgIpc) is 1.58. The zero-order chi connectivity index (χ0) is 5.28. The lowest BCUT2D eigenvalue weighted by Crippen LogP contribution is -2.25. The molecule has 1 nitrogen and oxygen atoms in total. The van der Waals surface area contributed by atoms with Gasteiger partial charge in [-0.1, -0.05) is 6.58 Å². The fraction of sp³-hybridized carbons (Fsp3) is 0.600. The van der Waals surface area contributed by atoms with Crippen molar-refractivity contribution in [1.29, 1.82) is 0 Å². The summed E-state index contributed by atoms with van der Waals surface area (Å²) in [5.41, 5.74) is 0. The van der Waals surface area contributed by atoms with Crippen molar-refractivity contribution in [3.63, 3.8) is 0 Å². The Bertz CT molecular complexity index is 82.1. The van der Waals surface area contributed by atoms with Gasteiger partial charge in [0.1, 0.15) is 6.10 Å². The van der Waals surface area contributed by atoms with Crippen LogP contribution in [0.15, 0.2) is 12.3 Å². The summed E-state index contributed by atoms with van der Waals surface area (Å²) in [5.74, 6) is 1.46. The van der Waals surface area contributed by atoms with Crippen LogP contribution in [0.1, 0.15) is 6.42 Å². The van der Waals surface area contributed by atoms with Gasteiger partial charge in [0.15, 0.2) is 0 Å². The van der Waals surface area contributed by atoms with Crippen LogP contribution in [0.2, 0.25) is 0 Å². The molecule has 0 aromatic heterocycles. The summed E-state index contributed by atoms with van der Waals surface area (Å²) in [5, 5.41) is 0. The van der Waals surface area contributed by atoms with Crippen molar-refractivity contribution in [2.45, 2.75) is 12.5 Å². The van der Waals surface area contributed by atoms with Gasteiger partial charge in [-0.3, -0.25) is 0 Å². The molecule has 1 atom stereocenters. The molecule has 40 valence electrons. The van der Waals surface area contributed by atoms with Crippen LogP contribution in [-0.2, 0) is 4.74 Å². The number of hydrogen-bond donors (Lipinski definition) is 0. The van der Waals surface area contributed by atoms with E-state index in [1.807, 2.05) is 0 Å². The molecule has 0 N–H and O–H groups in total. The minimum absolute atomic E-state index is 0.258. The van der Waals surface area contributed by atoms with Gasteiger partial charge in [-0.15, -0.1) is 11.6 Å². The van der Waals surface area contributed by atoms with Crippen molar-refractivity contribution >= 4 is 11.6 Å². The molecule has 1 unspecified atom stereocenters. The third kappa shape index (κ3) is 0.885. The maximum Gasteiger partial charge on any atom is 0.119 e. The van der Waals surface area contributed by atoms with Gasteiger partial charge in [-0.05, 0) is 0 Å². The maximum absolute atomic E-state index is 5.40. The van der Waals surface area contributed by atoms with E-state index in [4.69, 9.17) is 16.3 Å². The minimum atomic E-state index is 0.258. The lowest BCUT2D eigenvalue weighted by atomic mass is 10.2. The zero-order valence-corrected chi connectivity index (χ0v) is 4.74. The molecule has 0 saturated carbocycles. The van der Waals surface area contributed by atoms with E-state index in [0.29, 0.717) is 5.88 Å². The third-order valence-corrected chi connectivity index (χ3v) is 1.30. The molecular weight excluding hydrogens is 112 g/mol. The van der Waals surface area contributed by atoms with E-state index < -0.39 is 0 Å². The Hall–Kier alpha value is -0.170. The highest BCUT2D eigenvalue weighted by atomic mass is 35.5. The van der Waals surface area contributed by atoms with Crippen molar-refractivity contribution in [2.75, 3.05) is 5.88 Å². The molecule has 0 spiro atoms. The van der Waals surface area contributed by atoms with Gasteiger partial charge in [0.25, 0.3) is 0 Å². The topological polar surface area (TPSA) is 9.23 Å². The second-order valence-electron chi connectivity index (χ2n) is 1.64. The molecule has 0 aliphatic carbocycles. The van der Waals surface area contributed by atoms with Gasteiger partial charge in [-0.25, -0.2) is 0 Å². The molecule has 1 heterocycles. The molecule has 1 aliphatic rings. The zero-order valence-electron chi connectivity index (χ0n) is 3.98. The highest BCUT2D eigenvalue weighted by Gasteiger charge is 2.20. The molecular formula is C5H7ClO. The monoisotopic (exact) mass is 118 g/mol. The average molecular weight is 119 g/mol. The molecule has 1 aliphatic heterocycles. The molecule has 7 heavy (non-hydrogen) atoms. The van der Waals surface area contributed by atoms with Crippen molar-refractivity contribution in [1.82, 2.24) is 0 Å². The Labute approximate surface area is 47.9 Å². The highest BCUT2D eigenvalue weighted by molar-refractivity contribution is 6.18. The Morgan fingerprint density at radius 1 is 2.00 bits per heavy atom. The van der Waals surface area contributed by atoms with Crippen molar-refractivity contribution in [3.05, 3.63) is 12.3 Å². The van der Waals surface area contributed by atoms with Crippen LogP contribution >= 0.6 is 11.6 Å². The van der Waals surface area contributed by atoms with Crippen molar-refractivity contribution in [3.8, 4) is 0 Å². The Kier molecular flexibility index (Phi) is 1.24. The maximum atomic E-state index is 5.40. The van der Waals surface area contributed by atoms with E-state index in [1.54, 1.807) is 0 Å². The second-order valence-corrected chi connectivity index (χ2v) is 1.95.